The van der Waals surface area contributed by atoms with Gasteiger partial charge in [-0.1, -0.05) is 6.42 Å². The molecule has 2 aromatic rings. The zero-order valence-electron chi connectivity index (χ0n) is 16.4. The average Bonchev–Trinajstić information content (AvgIpc) is 3.16. The summed E-state index contributed by atoms with van der Waals surface area (Å²) in [5.74, 6) is 1.15. The highest BCUT2D eigenvalue weighted by atomic mass is 32.1. The highest BCUT2D eigenvalue weighted by Crippen LogP contribution is 2.27. The molecule has 0 bridgehead atoms. The summed E-state index contributed by atoms with van der Waals surface area (Å²) in [7, 11) is 1.62. The third-order valence-corrected chi connectivity index (χ3v) is 5.54. The molecule has 1 aliphatic rings. The molecule has 1 aromatic heterocycles. The van der Waals surface area contributed by atoms with E-state index in [2.05, 4.69) is 15.4 Å². The third-order valence-electron chi connectivity index (χ3n) is 4.67. The van der Waals surface area contributed by atoms with Gasteiger partial charge in [-0.3, -0.25) is 9.69 Å². The van der Waals surface area contributed by atoms with E-state index >= 15 is 0 Å². The summed E-state index contributed by atoms with van der Waals surface area (Å²) in [4.78, 5) is 15.5. The summed E-state index contributed by atoms with van der Waals surface area (Å²) in [6.45, 7) is 5.85. The summed E-state index contributed by atoms with van der Waals surface area (Å²) in [5.41, 5.74) is 3.98. The summed E-state index contributed by atoms with van der Waals surface area (Å²) < 4.78 is 11.4. The number of rotatable bonds is 8. The minimum absolute atomic E-state index is 0.217. The van der Waals surface area contributed by atoms with Crippen LogP contribution in [0.1, 0.15) is 40.1 Å². The Labute approximate surface area is 170 Å². The first-order valence-corrected chi connectivity index (χ1v) is 10.5. The lowest BCUT2D eigenvalue weighted by atomic mass is 10.1. The fraction of sp³-hybridized carbons (Fsp3) is 0.429. The summed E-state index contributed by atoms with van der Waals surface area (Å²) in [5, 5.41) is 5.85. The standard InChI is InChI=1S/C21H27N3O3S/c1-16-12-18(15-28-16)21(25)23-22-14-17-6-7-19(20(13-17)26-2)27-11-10-24-8-4-3-5-9-24/h6-7,12-15H,3-5,8-11H2,1-2H3,(H,23,25)/b22-14+. The summed E-state index contributed by atoms with van der Waals surface area (Å²) in [6, 6.07) is 7.46. The Morgan fingerprint density at radius 2 is 2.07 bits per heavy atom. The first-order valence-electron chi connectivity index (χ1n) is 9.57. The number of aryl methyl sites for hydroxylation is 1. The van der Waals surface area contributed by atoms with E-state index in [-0.39, 0.29) is 5.91 Å². The van der Waals surface area contributed by atoms with Crippen LogP contribution in [0.5, 0.6) is 11.5 Å². The second kappa shape index (κ2) is 10.2. The second-order valence-corrected chi connectivity index (χ2v) is 7.92. The topological polar surface area (TPSA) is 63.2 Å². The molecular weight excluding hydrogens is 374 g/mol. The lowest BCUT2D eigenvalue weighted by molar-refractivity contribution is 0.0955. The SMILES string of the molecule is COc1cc(/C=N/NC(=O)c2csc(C)c2)ccc1OCCN1CCCCC1. The van der Waals surface area contributed by atoms with E-state index in [9.17, 15) is 4.79 Å². The van der Waals surface area contributed by atoms with E-state index in [0.29, 0.717) is 17.9 Å². The van der Waals surface area contributed by atoms with Gasteiger partial charge >= 0.3 is 0 Å². The zero-order valence-corrected chi connectivity index (χ0v) is 17.3. The Hall–Kier alpha value is -2.38. The minimum atomic E-state index is -0.217. The number of nitrogens with zero attached hydrogens (tertiary/aromatic N) is 2. The van der Waals surface area contributed by atoms with Crippen molar-refractivity contribution in [3.05, 3.63) is 45.6 Å². The maximum Gasteiger partial charge on any atom is 0.272 e. The number of amides is 1. The maximum atomic E-state index is 12.0. The fourth-order valence-corrected chi connectivity index (χ4v) is 3.83. The molecule has 1 aromatic carbocycles. The van der Waals surface area contributed by atoms with Gasteiger partial charge < -0.3 is 9.47 Å². The quantitative estimate of drug-likeness (QED) is 0.541. The number of hydrogen-bond donors (Lipinski definition) is 1. The van der Waals surface area contributed by atoms with Crippen molar-refractivity contribution < 1.29 is 14.3 Å². The number of piperidine rings is 1. The normalized spacial score (nSPS) is 14.9. The molecule has 2 heterocycles. The van der Waals surface area contributed by atoms with Crippen molar-refractivity contribution in [1.82, 2.24) is 10.3 Å². The first-order chi connectivity index (χ1) is 13.7. The largest absolute Gasteiger partial charge is 0.493 e. The molecule has 1 amide bonds. The predicted octanol–water partition coefficient (Wildman–Crippen LogP) is 3.69. The molecule has 28 heavy (non-hydrogen) atoms. The van der Waals surface area contributed by atoms with Gasteiger partial charge in [-0.05, 0) is 62.7 Å². The second-order valence-electron chi connectivity index (χ2n) is 6.81. The number of likely N-dealkylation sites (tertiary alicyclic amines) is 1. The van der Waals surface area contributed by atoms with Crippen LogP contribution in [0.15, 0.2) is 34.7 Å². The van der Waals surface area contributed by atoms with Crippen LogP contribution in [0.25, 0.3) is 0 Å². The van der Waals surface area contributed by atoms with Crippen molar-refractivity contribution in [2.75, 3.05) is 33.4 Å². The number of hydrogen-bond acceptors (Lipinski definition) is 6. The highest BCUT2D eigenvalue weighted by Gasteiger charge is 2.11. The van der Waals surface area contributed by atoms with Crippen LogP contribution in [-0.4, -0.2) is 50.4 Å². The van der Waals surface area contributed by atoms with Crippen molar-refractivity contribution in [2.45, 2.75) is 26.2 Å². The molecule has 1 saturated heterocycles. The van der Waals surface area contributed by atoms with Crippen LogP contribution in [0.3, 0.4) is 0 Å². The van der Waals surface area contributed by atoms with Gasteiger partial charge in [-0.25, -0.2) is 5.43 Å². The maximum absolute atomic E-state index is 12.0. The molecule has 0 spiro atoms. The van der Waals surface area contributed by atoms with Crippen molar-refractivity contribution >= 4 is 23.5 Å². The van der Waals surface area contributed by atoms with Gasteiger partial charge in [0, 0.05) is 16.8 Å². The Balaban J connectivity index is 1.52. The Bertz CT molecular complexity index is 813. The fourth-order valence-electron chi connectivity index (χ4n) is 3.14. The molecule has 6 nitrogen and oxygen atoms in total. The van der Waals surface area contributed by atoms with Crippen molar-refractivity contribution in [1.29, 1.82) is 0 Å². The van der Waals surface area contributed by atoms with Crippen LogP contribution >= 0.6 is 11.3 Å². The van der Waals surface area contributed by atoms with Gasteiger partial charge in [0.2, 0.25) is 0 Å². The number of carbonyl (C=O) groups excluding carboxylic acids is 1. The van der Waals surface area contributed by atoms with Gasteiger partial charge in [0.15, 0.2) is 11.5 Å². The van der Waals surface area contributed by atoms with Gasteiger partial charge in [-0.2, -0.15) is 5.10 Å². The number of carbonyl (C=O) groups is 1. The number of methoxy groups -OCH3 is 1. The molecule has 0 radical (unpaired) electrons. The molecule has 0 unspecified atom stereocenters. The van der Waals surface area contributed by atoms with Crippen LogP contribution in [-0.2, 0) is 0 Å². The lowest BCUT2D eigenvalue weighted by Crippen LogP contribution is -2.33. The molecule has 7 heteroatoms. The van der Waals surface area contributed by atoms with Crippen molar-refractivity contribution in [2.24, 2.45) is 5.10 Å². The molecule has 0 atom stereocenters. The number of hydrazone groups is 1. The molecule has 3 rings (SSSR count). The molecule has 1 fully saturated rings. The Kier molecular flexibility index (Phi) is 7.45. The smallest absolute Gasteiger partial charge is 0.272 e. The lowest BCUT2D eigenvalue weighted by Gasteiger charge is -2.26. The highest BCUT2D eigenvalue weighted by molar-refractivity contribution is 7.10. The molecule has 0 saturated carbocycles. The van der Waals surface area contributed by atoms with E-state index in [4.69, 9.17) is 9.47 Å². The first kappa shape index (κ1) is 20.4. The van der Waals surface area contributed by atoms with E-state index in [0.717, 1.165) is 35.8 Å². The molecule has 150 valence electrons. The number of thiophene rings is 1. The van der Waals surface area contributed by atoms with Crippen LogP contribution < -0.4 is 14.9 Å². The minimum Gasteiger partial charge on any atom is -0.493 e. The number of ether oxygens (including phenoxy) is 2. The monoisotopic (exact) mass is 401 g/mol. The predicted molar refractivity (Wildman–Crippen MR) is 113 cm³/mol. The average molecular weight is 402 g/mol. The van der Waals surface area contributed by atoms with E-state index in [1.54, 1.807) is 13.3 Å². The van der Waals surface area contributed by atoms with E-state index in [1.165, 1.54) is 30.6 Å². The number of nitrogens with one attached hydrogen (secondary N) is 1. The van der Waals surface area contributed by atoms with Crippen LogP contribution in [0, 0.1) is 6.92 Å². The van der Waals surface area contributed by atoms with Crippen LogP contribution in [0.2, 0.25) is 0 Å². The molecule has 1 N–H and O–H groups in total. The third kappa shape index (κ3) is 5.81. The van der Waals surface area contributed by atoms with Gasteiger partial charge in [0.05, 0.1) is 18.9 Å². The van der Waals surface area contributed by atoms with Crippen LogP contribution in [0.4, 0.5) is 0 Å². The zero-order chi connectivity index (χ0) is 19.8. The summed E-state index contributed by atoms with van der Waals surface area (Å²) in [6.07, 6.45) is 5.48. The van der Waals surface area contributed by atoms with Gasteiger partial charge in [0.1, 0.15) is 6.61 Å². The Morgan fingerprint density at radius 3 is 2.79 bits per heavy atom. The van der Waals surface area contributed by atoms with Crippen molar-refractivity contribution in [3.63, 3.8) is 0 Å². The van der Waals surface area contributed by atoms with Crippen molar-refractivity contribution in [3.8, 4) is 11.5 Å². The van der Waals surface area contributed by atoms with Gasteiger partial charge in [-0.15, -0.1) is 11.3 Å². The number of benzene rings is 1. The molecular formula is C21H27N3O3S. The van der Waals surface area contributed by atoms with E-state index in [1.807, 2.05) is 36.6 Å². The Morgan fingerprint density at radius 1 is 1.25 bits per heavy atom. The molecule has 1 aliphatic heterocycles. The van der Waals surface area contributed by atoms with Gasteiger partial charge in [0.25, 0.3) is 5.91 Å². The molecule has 0 aliphatic carbocycles. The summed E-state index contributed by atoms with van der Waals surface area (Å²) >= 11 is 1.54. The van der Waals surface area contributed by atoms with E-state index < -0.39 is 0 Å².